The Morgan fingerprint density at radius 1 is 1.15 bits per heavy atom. The van der Waals surface area contributed by atoms with Crippen molar-refractivity contribution in [2.75, 3.05) is 18.5 Å². The Balaban J connectivity index is 1.33. The van der Waals surface area contributed by atoms with E-state index in [4.69, 9.17) is 29.9 Å². The van der Waals surface area contributed by atoms with Crippen molar-refractivity contribution in [1.82, 2.24) is 14.5 Å². The maximum atomic E-state index is 6.08. The molecule has 3 N–H and O–H groups in total. The molecule has 2 aliphatic heterocycles. The van der Waals surface area contributed by atoms with Crippen LogP contribution in [0.1, 0.15) is 28.9 Å². The molecule has 0 spiro atoms. The summed E-state index contributed by atoms with van der Waals surface area (Å²) in [7, 11) is 0. The number of imidazole rings is 1. The average Bonchev–Trinajstić information content (AvgIpc) is 3.34. The molecule has 10 heteroatoms. The second-order valence-corrected chi connectivity index (χ2v) is 8.87. The van der Waals surface area contributed by atoms with Crippen molar-refractivity contribution in [2.24, 2.45) is 10.7 Å². The Bertz CT molecular complexity index is 1360. The zero-order chi connectivity index (χ0) is 22.4. The average molecular weight is 463 g/mol. The Morgan fingerprint density at radius 2 is 1.94 bits per heavy atom. The molecule has 0 radical (unpaired) electrons. The number of rotatable bonds is 4. The number of thiazole rings is 1. The summed E-state index contributed by atoms with van der Waals surface area (Å²) in [5.41, 5.74) is 9.69. The van der Waals surface area contributed by atoms with Crippen molar-refractivity contribution < 1.29 is 14.2 Å². The quantitative estimate of drug-likeness (QED) is 0.474. The van der Waals surface area contributed by atoms with E-state index in [1.54, 1.807) is 0 Å². The molecule has 0 saturated heterocycles. The molecule has 168 valence electrons. The summed E-state index contributed by atoms with van der Waals surface area (Å²) in [5.74, 6) is 3.11. The molecule has 0 fully saturated rings. The molecule has 0 saturated carbocycles. The summed E-state index contributed by atoms with van der Waals surface area (Å²) in [6.07, 6.45) is 0.398. The molecular formula is C23H22N6O3S. The van der Waals surface area contributed by atoms with Crippen molar-refractivity contribution in [1.29, 1.82) is 0 Å². The molecule has 2 aromatic carbocycles. The van der Waals surface area contributed by atoms with Crippen molar-refractivity contribution in [3.8, 4) is 17.2 Å². The van der Waals surface area contributed by atoms with Gasteiger partial charge in [-0.2, -0.15) is 0 Å². The molecule has 33 heavy (non-hydrogen) atoms. The minimum Gasteiger partial charge on any atom is -0.489 e. The number of aromatic nitrogens is 3. The van der Waals surface area contributed by atoms with Crippen LogP contribution in [0.25, 0.3) is 11.0 Å². The Kier molecular flexibility index (Phi) is 4.79. The first-order valence-electron chi connectivity index (χ1n) is 10.7. The van der Waals surface area contributed by atoms with E-state index in [0.29, 0.717) is 43.2 Å². The summed E-state index contributed by atoms with van der Waals surface area (Å²) in [6, 6.07) is 11.8. The molecule has 0 aliphatic carbocycles. The van der Waals surface area contributed by atoms with Gasteiger partial charge < -0.3 is 19.9 Å². The van der Waals surface area contributed by atoms with Crippen LogP contribution in [0.4, 0.5) is 5.95 Å². The molecular weight excluding hydrogens is 440 g/mol. The molecule has 2 aliphatic rings. The molecule has 0 amide bonds. The third-order valence-electron chi connectivity index (χ3n) is 5.52. The van der Waals surface area contributed by atoms with Gasteiger partial charge in [-0.1, -0.05) is 17.7 Å². The van der Waals surface area contributed by atoms with E-state index >= 15 is 0 Å². The monoisotopic (exact) mass is 462 g/mol. The molecule has 2 aromatic heterocycles. The topological polar surface area (TPSA) is 109 Å². The van der Waals surface area contributed by atoms with Crippen LogP contribution in [0.15, 0.2) is 46.8 Å². The lowest BCUT2D eigenvalue weighted by Crippen LogP contribution is -2.31. The molecule has 6 rings (SSSR count). The number of benzene rings is 2. The maximum absolute atomic E-state index is 6.08. The third-order valence-corrected chi connectivity index (χ3v) is 6.36. The predicted molar refractivity (Wildman–Crippen MR) is 126 cm³/mol. The molecule has 4 heterocycles. The summed E-state index contributed by atoms with van der Waals surface area (Å²) in [4.78, 5) is 14.1. The number of aryl methyl sites for hydroxylation is 1. The van der Waals surface area contributed by atoms with Gasteiger partial charge in [-0.05, 0) is 19.1 Å². The van der Waals surface area contributed by atoms with Gasteiger partial charge in [-0.15, -0.1) is 11.3 Å². The van der Waals surface area contributed by atoms with E-state index in [9.17, 15) is 0 Å². The maximum Gasteiger partial charge on any atom is 0.212 e. The highest BCUT2D eigenvalue weighted by atomic mass is 32.1. The fourth-order valence-corrected chi connectivity index (χ4v) is 4.63. The fraction of sp³-hybridized carbons (Fsp3) is 0.261. The number of aliphatic imine (C=N–C) groups is 1. The van der Waals surface area contributed by atoms with E-state index in [2.05, 4.69) is 10.3 Å². The molecule has 9 nitrogen and oxygen atoms in total. The van der Waals surface area contributed by atoms with Gasteiger partial charge in [0.1, 0.15) is 17.4 Å². The predicted octanol–water partition coefficient (Wildman–Crippen LogP) is 3.83. The Morgan fingerprint density at radius 3 is 2.76 bits per heavy atom. The van der Waals surface area contributed by atoms with Crippen molar-refractivity contribution in [3.63, 3.8) is 0 Å². The minimum absolute atomic E-state index is 0.294. The van der Waals surface area contributed by atoms with Gasteiger partial charge in [0.15, 0.2) is 23.6 Å². The number of anilines is 1. The normalized spacial score (nSPS) is 17.1. The SMILES string of the molecule is Cc1ccc(OCc2nc(C3N=C(N)Nc4nc5cc6c(cc5n43)OCCCO6)cs2)cc1. The number of nitrogens with zero attached hydrogens (tertiary/aromatic N) is 4. The van der Waals surface area contributed by atoms with Crippen LogP contribution in [0.5, 0.6) is 17.2 Å². The summed E-state index contributed by atoms with van der Waals surface area (Å²) in [6.45, 7) is 3.67. The number of nitrogens with two attached hydrogens (primary N) is 1. The van der Waals surface area contributed by atoms with Crippen LogP contribution < -0.4 is 25.3 Å². The standard InChI is InChI=1S/C23H22N6O3S/c1-13-3-5-14(6-4-13)32-11-20-25-16(12-33-20)21-27-22(24)28-23-26-15-9-18-19(10-17(15)29(21)23)31-8-2-7-30-18/h3-6,9-10,12,21H,2,7-8,11H2,1H3,(H3,24,26,27,28). The van der Waals surface area contributed by atoms with E-state index in [1.165, 1.54) is 16.9 Å². The third kappa shape index (κ3) is 3.72. The lowest BCUT2D eigenvalue weighted by Gasteiger charge is -2.22. The largest absolute Gasteiger partial charge is 0.489 e. The molecule has 1 atom stereocenters. The van der Waals surface area contributed by atoms with E-state index in [1.807, 2.05) is 53.3 Å². The van der Waals surface area contributed by atoms with Crippen LogP contribution in [-0.4, -0.2) is 33.7 Å². The van der Waals surface area contributed by atoms with Crippen molar-refractivity contribution in [3.05, 3.63) is 58.0 Å². The Labute approximate surface area is 193 Å². The number of nitrogens with one attached hydrogen (secondary N) is 1. The molecule has 0 bridgehead atoms. The highest BCUT2D eigenvalue weighted by molar-refractivity contribution is 7.09. The highest BCUT2D eigenvalue weighted by Gasteiger charge is 2.28. The van der Waals surface area contributed by atoms with Gasteiger partial charge in [0, 0.05) is 23.9 Å². The fourth-order valence-electron chi connectivity index (χ4n) is 3.91. The number of guanidine groups is 1. The summed E-state index contributed by atoms with van der Waals surface area (Å²) < 4.78 is 19.6. The zero-order valence-electron chi connectivity index (χ0n) is 17.9. The smallest absolute Gasteiger partial charge is 0.212 e. The van der Waals surface area contributed by atoms with Gasteiger partial charge in [0.05, 0.1) is 29.9 Å². The first kappa shape index (κ1) is 19.9. The van der Waals surface area contributed by atoms with Gasteiger partial charge >= 0.3 is 0 Å². The van der Waals surface area contributed by atoms with Crippen molar-refractivity contribution >= 4 is 34.3 Å². The van der Waals surface area contributed by atoms with Crippen molar-refractivity contribution in [2.45, 2.75) is 26.1 Å². The summed E-state index contributed by atoms with van der Waals surface area (Å²) >= 11 is 1.53. The number of hydrogen-bond donors (Lipinski definition) is 2. The second-order valence-electron chi connectivity index (χ2n) is 7.92. The van der Waals surface area contributed by atoms with Crippen LogP contribution in [-0.2, 0) is 6.61 Å². The van der Waals surface area contributed by atoms with Crippen LogP contribution in [0, 0.1) is 6.92 Å². The van der Waals surface area contributed by atoms with Crippen LogP contribution >= 0.6 is 11.3 Å². The van der Waals surface area contributed by atoms with E-state index in [0.717, 1.165) is 33.9 Å². The lowest BCUT2D eigenvalue weighted by molar-refractivity contribution is 0.297. The minimum atomic E-state index is -0.444. The first-order chi connectivity index (χ1) is 16.1. The van der Waals surface area contributed by atoms with Crippen LogP contribution in [0.3, 0.4) is 0 Å². The number of ether oxygens (including phenoxy) is 3. The second kappa shape index (κ2) is 7.96. The molecule has 1 unspecified atom stereocenters. The highest BCUT2D eigenvalue weighted by Crippen LogP contribution is 2.39. The van der Waals surface area contributed by atoms with Crippen LogP contribution in [0.2, 0.25) is 0 Å². The van der Waals surface area contributed by atoms with Gasteiger partial charge in [0.2, 0.25) is 5.95 Å². The van der Waals surface area contributed by atoms with Gasteiger partial charge in [-0.25, -0.2) is 15.0 Å². The van der Waals surface area contributed by atoms with E-state index < -0.39 is 6.17 Å². The summed E-state index contributed by atoms with van der Waals surface area (Å²) in [5, 5.41) is 5.90. The van der Waals surface area contributed by atoms with Gasteiger partial charge in [0.25, 0.3) is 0 Å². The number of fused-ring (bicyclic) bond motifs is 4. The molecule has 4 aromatic rings. The zero-order valence-corrected chi connectivity index (χ0v) is 18.8. The van der Waals surface area contributed by atoms with Gasteiger partial charge in [-0.3, -0.25) is 9.88 Å². The number of hydrogen-bond acceptors (Lipinski definition) is 9. The first-order valence-corrected chi connectivity index (χ1v) is 11.6. The lowest BCUT2D eigenvalue weighted by atomic mass is 10.2. The Hall–Kier alpha value is -3.79. The van der Waals surface area contributed by atoms with E-state index in [-0.39, 0.29) is 0 Å².